The van der Waals surface area contributed by atoms with Crippen LogP contribution >= 0.6 is 11.3 Å². The van der Waals surface area contributed by atoms with Gasteiger partial charge >= 0.3 is 0 Å². The Morgan fingerprint density at radius 2 is 2.11 bits per heavy atom. The van der Waals surface area contributed by atoms with Crippen LogP contribution in [-0.2, 0) is 6.42 Å². The number of aromatic nitrogens is 1. The minimum absolute atomic E-state index is 0.542. The van der Waals surface area contributed by atoms with Gasteiger partial charge in [0.1, 0.15) is 16.7 Å². The van der Waals surface area contributed by atoms with Gasteiger partial charge in [0.15, 0.2) is 0 Å². The highest BCUT2D eigenvalue weighted by Gasteiger charge is 2.12. The normalized spacial score (nSPS) is 10.1. The Balaban J connectivity index is 2.39. The van der Waals surface area contributed by atoms with Gasteiger partial charge in [-0.3, -0.25) is 0 Å². The zero-order chi connectivity index (χ0) is 13.0. The maximum absolute atomic E-state index is 9.13. The van der Waals surface area contributed by atoms with Gasteiger partial charge in [-0.25, -0.2) is 4.98 Å². The van der Waals surface area contributed by atoms with Crippen LogP contribution in [0.15, 0.2) is 24.3 Å². The number of thiazole rings is 1. The van der Waals surface area contributed by atoms with Crippen molar-refractivity contribution in [1.82, 2.24) is 4.98 Å². The molecule has 0 atom stereocenters. The van der Waals surface area contributed by atoms with Crippen LogP contribution < -0.4 is 10.5 Å². The van der Waals surface area contributed by atoms with E-state index in [4.69, 9.17) is 15.7 Å². The molecule has 0 unspecified atom stereocenters. The van der Waals surface area contributed by atoms with E-state index in [1.54, 1.807) is 7.11 Å². The molecule has 0 aliphatic carbocycles. The molecule has 1 heterocycles. The maximum Gasteiger partial charge on any atom is 0.132 e. The molecule has 2 aromatic rings. The van der Waals surface area contributed by atoms with Gasteiger partial charge in [-0.1, -0.05) is 0 Å². The quantitative estimate of drug-likeness (QED) is 0.913. The van der Waals surface area contributed by atoms with Gasteiger partial charge in [0.2, 0.25) is 0 Å². The lowest BCUT2D eigenvalue weighted by atomic mass is 10.1. The van der Waals surface area contributed by atoms with Crippen molar-refractivity contribution in [3.05, 3.63) is 34.2 Å². The van der Waals surface area contributed by atoms with E-state index in [2.05, 4.69) is 11.1 Å². The molecule has 1 aromatic carbocycles. The molecule has 92 valence electrons. The lowest BCUT2D eigenvalue weighted by Gasteiger charge is -2.01. The zero-order valence-corrected chi connectivity index (χ0v) is 10.8. The number of rotatable bonds is 4. The number of methoxy groups -OCH3 is 1. The number of nitrogens with zero attached hydrogens (tertiary/aromatic N) is 2. The van der Waals surface area contributed by atoms with Gasteiger partial charge in [0.25, 0.3) is 0 Å². The van der Waals surface area contributed by atoms with Crippen molar-refractivity contribution in [3.63, 3.8) is 0 Å². The summed E-state index contributed by atoms with van der Waals surface area (Å²) in [5, 5.41) is 10.0. The molecule has 2 N–H and O–H groups in total. The van der Waals surface area contributed by atoms with Gasteiger partial charge in [-0.15, -0.1) is 11.3 Å². The average molecular weight is 259 g/mol. The van der Waals surface area contributed by atoms with Crippen molar-refractivity contribution in [2.75, 3.05) is 13.7 Å². The first-order chi connectivity index (χ1) is 8.78. The van der Waals surface area contributed by atoms with Gasteiger partial charge in [0, 0.05) is 12.0 Å². The Kier molecular flexibility index (Phi) is 3.92. The molecule has 2 rings (SSSR count). The molecule has 0 spiro atoms. The molecular weight excluding hydrogens is 246 g/mol. The summed E-state index contributed by atoms with van der Waals surface area (Å²) in [6.07, 6.45) is 0.704. The third-order valence-electron chi connectivity index (χ3n) is 2.49. The van der Waals surface area contributed by atoms with Crippen LogP contribution in [0, 0.1) is 11.3 Å². The molecule has 0 radical (unpaired) electrons. The van der Waals surface area contributed by atoms with Gasteiger partial charge < -0.3 is 10.5 Å². The lowest BCUT2D eigenvalue weighted by Crippen LogP contribution is -2.01. The molecule has 0 amide bonds. The van der Waals surface area contributed by atoms with E-state index < -0.39 is 0 Å². The minimum atomic E-state index is 0.542. The van der Waals surface area contributed by atoms with E-state index in [1.165, 1.54) is 11.3 Å². The Hall–Kier alpha value is -1.90. The summed E-state index contributed by atoms with van der Waals surface area (Å²) in [6, 6.07) is 9.71. The van der Waals surface area contributed by atoms with E-state index in [-0.39, 0.29) is 0 Å². The van der Waals surface area contributed by atoms with E-state index in [9.17, 15) is 0 Å². The molecule has 0 saturated carbocycles. The number of nitriles is 1. The SMILES string of the molecule is COc1ccc(-c2nc(CCN)sc2C#N)cc1. The number of hydrogen-bond donors (Lipinski definition) is 1. The zero-order valence-electron chi connectivity index (χ0n) is 10.0. The highest BCUT2D eigenvalue weighted by Crippen LogP contribution is 2.29. The van der Waals surface area contributed by atoms with E-state index in [0.29, 0.717) is 17.8 Å². The molecule has 0 fully saturated rings. The van der Waals surface area contributed by atoms with Crippen molar-refractivity contribution >= 4 is 11.3 Å². The smallest absolute Gasteiger partial charge is 0.132 e. The largest absolute Gasteiger partial charge is 0.497 e. The summed E-state index contributed by atoms with van der Waals surface area (Å²) in [4.78, 5) is 5.10. The van der Waals surface area contributed by atoms with Crippen molar-refractivity contribution in [2.45, 2.75) is 6.42 Å². The van der Waals surface area contributed by atoms with E-state index in [1.807, 2.05) is 24.3 Å². The monoisotopic (exact) mass is 259 g/mol. The highest BCUT2D eigenvalue weighted by molar-refractivity contribution is 7.12. The summed E-state index contributed by atoms with van der Waals surface area (Å²) in [5.74, 6) is 0.787. The lowest BCUT2D eigenvalue weighted by molar-refractivity contribution is 0.415. The number of nitrogens with two attached hydrogens (primary N) is 1. The fourth-order valence-corrected chi connectivity index (χ4v) is 2.51. The fraction of sp³-hybridized carbons (Fsp3) is 0.231. The second kappa shape index (κ2) is 5.63. The molecule has 0 aliphatic heterocycles. The first-order valence-electron chi connectivity index (χ1n) is 5.52. The first kappa shape index (κ1) is 12.6. The highest BCUT2D eigenvalue weighted by atomic mass is 32.1. The number of benzene rings is 1. The van der Waals surface area contributed by atoms with Crippen LogP contribution in [0.3, 0.4) is 0 Å². The average Bonchev–Trinajstić information content (AvgIpc) is 2.82. The second-order valence-electron chi connectivity index (χ2n) is 3.66. The molecule has 0 bridgehead atoms. The molecule has 1 aromatic heterocycles. The number of ether oxygens (including phenoxy) is 1. The second-order valence-corrected chi connectivity index (χ2v) is 4.75. The Morgan fingerprint density at radius 1 is 1.39 bits per heavy atom. The molecular formula is C13H13N3OS. The van der Waals surface area contributed by atoms with Crippen LogP contribution in [0.5, 0.6) is 5.75 Å². The summed E-state index contributed by atoms with van der Waals surface area (Å²) in [7, 11) is 1.62. The first-order valence-corrected chi connectivity index (χ1v) is 6.34. The van der Waals surface area contributed by atoms with E-state index in [0.717, 1.165) is 22.0 Å². The van der Waals surface area contributed by atoms with Crippen LogP contribution in [-0.4, -0.2) is 18.6 Å². The predicted molar refractivity (Wildman–Crippen MR) is 71.6 cm³/mol. The Bertz CT molecular complexity index is 569. The van der Waals surface area contributed by atoms with Crippen molar-refractivity contribution in [3.8, 4) is 23.1 Å². The minimum Gasteiger partial charge on any atom is -0.497 e. The van der Waals surface area contributed by atoms with Crippen molar-refractivity contribution in [2.24, 2.45) is 5.73 Å². The third-order valence-corrected chi connectivity index (χ3v) is 3.51. The summed E-state index contributed by atoms with van der Waals surface area (Å²) < 4.78 is 5.11. The van der Waals surface area contributed by atoms with Crippen molar-refractivity contribution < 1.29 is 4.74 Å². The van der Waals surface area contributed by atoms with Gasteiger partial charge in [-0.2, -0.15) is 5.26 Å². The standard InChI is InChI=1S/C13H13N3OS/c1-17-10-4-2-9(3-5-10)13-11(8-15)18-12(16-13)6-7-14/h2-5H,6-7,14H2,1H3. The topological polar surface area (TPSA) is 71.9 Å². The van der Waals surface area contributed by atoms with Gasteiger partial charge in [0.05, 0.1) is 17.8 Å². The van der Waals surface area contributed by atoms with Gasteiger partial charge in [-0.05, 0) is 30.8 Å². The molecule has 0 saturated heterocycles. The molecule has 18 heavy (non-hydrogen) atoms. The van der Waals surface area contributed by atoms with Crippen LogP contribution in [0.2, 0.25) is 0 Å². The maximum atomic E-state index is 9.13. The molecule has 5 heteroatoms. The summed E-state index contributed by atoms with van der Waals surface area (Å²) in [6.45, 7) is 0.542. The molecule has 0 aliphatic rings. The van der Waals surface area contributed by atoms with Crippen LogP contribution in [0.4, 0.5) is 0 Å². The fourth-order valence-electron chi connectivity index (χ4n) is 1.62. The van der Waals surface area contributed by atoms with Crippen LogP contribution in [0.25, 0.3) is 11.3 Å². The van der Waals surface area contributed by atoms with Crippen molar-refractivity contribution in [1.29, 1.82) is 5.26 Å². The van der Waals surface area contributed by atoms with Crippen LogP contribution in [0.1, 0.15) is 9.88 Å². The Labute approximate surface area is 110 Å². The van der Waals surface area contributed by atoms with E-state index >= 15 is 0 Å². The third kappa shape index (κ3) is 2.50. The molecule has 4 nitrogen and oxygen atoms in total. The predicted octanol–water partition coefficient (Wildman–Crippen LogP) is 2.19. The Morgan fingerprint density at radius 3 is 2.67 bits per heavy atom. The summed E-state index contributed by atoms with van der Waals surface area (Å²) in [5.41, 5.74) is 7.16. The number of hydrogen-bond acceptors (Lipinski definition) is 5. The summed E-state index contributed by atoms with van der Waals surface area (Å²) >= 11 is 1.41.